The molecule has 0 aromatic rings. The summed E-state index contributed by atoms with van der Waals surface area (Å²) in [6.07, 6.45) is 2.21. The first-order valence-corrected chi connectivity index (χ1v) is 3.33. The van der Waals surface area contributed by atoms with Crippen molar-refractivity contribution in [1.29, 1.82) is 0 Å². The predicted molar refractivity (Wildman–Crippen MR) is 34.0 cm³/mol. The van der Waals surface area contributed by atoms with Crippen LogP contribution in [0.3, 0.4) is 0 Å². The summed E-state index contributed by atoms with van der Waals surface area (Å²) in [5, 5.41) is 8.61. The summed E-state index contributed by atoms with van der Waals surface area (Å²) in [6.45, 7) is 0.715. The zero-order chi connectivity index (χ0) is 6.69. The fourth-order valence-electron chi connectivity index (χ4n) is 1.09. The molecule has 1 aliphatic heterocycles. The van der Waals surface area contributed by atoms with Gasteiger partial charge >= 0.3 is 0 Å². The van der Waals surface area contributed by atoms with Gasteiger partial charge < -0.3 is 15.6 Å². The molecule has 0 amide bonds. The van der Waals surface area contributed by atoms with E-state index in [1.54, 1.807) is 0 Å². The number of hydrogen-bond acceptors (Lipinski definition) is 3. The minimum Gasteiger partial charge on any atom is -0.394 e. The van der Waals surface area contributed by atoms with Gasteiger partial charge in [0.1, 0.15) is 0 Å². The Morgan fingerprint density at radius 2 is 2.11 bits per heavy atom. The average molecular weight is 131 g/mol. The van der Waals surface area contributed by atoms with Crippen LogP contribution in [-0.4, -0.2) is 30.5 Å². The van der Waals surface area contributed by atoms with Crippen LogP contribution in [0.4, 0.5) is 0 Å². The summed E-state index contributed by atoms with van der Waals surface area (Å²) in [5.41, 5.74) is 5.34. The van der Waals surface area contributed by atoms with Crippen LogP contribution >= 0.6 is 0 Å². The standard InChI is InChI=1S/C6H13NO2/c7-3-5-1-2-6(4-8)9-5/h5-6,8H,1-4,7H2/t5-,6+/m1/s1. The lowest BCUT2D eigenvalue weighted by atomic mass is 10.2. The van der Waals surface area contributed by atoms with Crippen LogP contribution < -0.4 is 5.73 Å². The predicted octanol–water partition coefficient (Wildman–Crippen LogP) is -0.515. The first-order valence-electron chi connectivity index (χ1n) is 3.33. The lowest BCUT2D eigenvalue weighted by Gasteiger charge is -2.07. The highest BCUT2D eigenvalue weighted by atomic mass is 16.5. The van der Waals surface area contributed by atoms with Crippen LogP contribution in [0.2, 0.25) is 0 Å². The van der Waals surface area contributed by atoms with Crippen LogP contribution in [0.1, 0.15) is 12.8 Å². The molecule has 0 unspecified atom stereocenters. The van der Waals surface area contributed by atoms with E-state index in [0.717, 1.165) is 12.8 Å². The van der Waals surface area contributed by atoms with Crippen LogP contribution in [0.25, 0.3) is 0 Å². The summed E-state index contributed by atoms with van der Waals surface area (Å²) in [5.74, 6) is 0. The molecule has 1 heterocycles. The van der Waals surface area contributed by atoms with E-state index in [1.165, 1.54) is 0 Å². The summed E-state index contributed by atoms with van der Waals surface area (Å²) < 4.78 is 5.28. The van der Waals surface area contributed by atoms with Crippen LogP contribution in [0.5, 0.6) is 0 Å². The zero-order valence-corrected chi connectivity index (χ0v) is 5.42. The van der Waals surface area contributed by atoms with Gasteiger partial charge in [-0.2, -0.15) is 0 Å². The molecule has 3 N–H and O–H groups in total. The Bertz CT molecular complexity index is 77.1. The maximum atomic E-state index is 8.61. The second kappa shape index (κ2) is 3.15. The second-order valence-electron chi connectivity index (χ2n) is 2.38. The van der Waals surface area contributed by atoms with Crippen molar-refractivity contribution < 1.29 is 9.84 Å². The van der Waals surface area contributed by atoms with E-state index in [4.69, 9.17) is 15.6 Å². The molecule has 1 fully saturated rings. The normalized spacial score (nSPS) is 35.3. The van der Waals surface area contributed by atoms with E-state index < -0.39 is 0 Å². The topological polar surface area (TPSA) is 55.5 Å². The van der Waals surface area contributed by atoms with E-state index in [-0.39, 0.29) is 18.8 Å². The molecule has 0 saturated carbocycles. The van der Waals surface area contributed by atoms with Gasteiger partial charge in [-0.1, -0.05) is 0 Å². The summed E-state index contributed by atoms with van der Waals surface area (Å²) in [7, 11) is 0. The maximum Gasteiger partial charge on any atom is 0.0811 e. The number of rotatable bonds is 2. The highest BCUT2D eigenvalue weighted by molar-refractivity contribution is 4.72. The minimum absolute atomic E-state index is 0.0542. The fraction of sp³-hybridized carbons (Fsp3) is 1.00. The Morgan fingerprint density at radius 3 is 2.44 bits per heavy atom. The van der Waals surface area contributed by atoms with Crippen LogP contribution in [-0.2, 0) is 4.74 Å². The Labute approximate surface area is 54.8 Å². The Balaban J connectivity index is 2.20. The number of aliphatic hydroxyl groups is 1. The van der Waals surface area contributed by atoms with Gasteiger partial charge in [0.25, 0.3) is 0 Å². The molecular formula is C6H13NO2. The molecule has 0 spiro atoms. The monoisotopic (exact) mass is 131 g/mol. The summed E-state index contributed by atoms with van der Waals surface area (Å²) in [6, 6.07) is 0. The molecular weight excluding hydrogens is 118 g/mol. The van der Waals surface area contributed by atoms with Crippen molar-refractivity contribution in [3.8, 4) is 0 Å². The van der Waals surface area contributed by atoms with Crippen LogP contribution in [0.15, 0.2) is 0 Å². The zero-order valence-electron chi connectivity index (χ0n) is 5.42. The van der Waals surface area contributed by atoms with E-state index >= 15 is 0 Å². The maximum absolute atomic E-state index is 8.61. The third-order valence-electron chi connectivity index (χ3n) is 1.66. The van der Waals surface area contributed by atoms with Gasteiger partial charge in [0.15, 0.2) is 0 Å². The second-order valence-corrected chi connectivity index (χ2v) is 2.38. The van der Waals surface area contributed by atoms with Crippen molar-refractivity contribution in [2.45, 2.75) is 25.0 Å². The lowest BCUT2D eigenvalue weighted by Crippen LogP contribution is -2.21. The Hall–Kier alpha value is -0.120. The molecule has 9 heavy (non-hydrogen) atoms. The molecule has 1 rings (SSSR count). The van der Waals surface area contributed by atoms with E-state index in [1.807, 2.05) is 0 Å². The van der Waals surface area contributed by atoms with Crippen molar-refractivity contribution >= 4 is 0 Å². The summed E-state index contributed by atoms with van der Waals surface area (Å²) >= 11 is 0. The van der Waals surface area contributed by atoms with Crippen molar-refractivity contribution in [1.82, 2.24) is 0 Å². The first-order chi connectivity index (χ1) is 4.36. The molecule has 2 atom stereocenters. The molecule has 0 bridgehead atoms. The van der Waals surface area contributed by atoms with Crippen molar-refractivity contribution in [2.75, 3.05) is 13.2 Å². The molecule has 54 valence electrons. The van der Waals surface area contributed by atoms with E-state index in [9.17, 15) is 0 Å². The molecule has 0 aliphatic carbocycles. The van der Waals surface area contributed by atoms with Gasteiger partial charge in [0.2, 0.25) is 0 Å². The highest BCUT2D eigenvalue weighted by Gasteiger charge is 2.22. The number of aliphatic hydroxyl groups excluding tert-OH is 1. The van der Waals surface area contributed by atoms with E-state index in [0.29, 0.717) is 6.54 Å². The smallest absolute Gasteiger partial charge is 0.0811 e. The van der Waals surface area contributed by atoms with Crippen molar-refractivity contribution in [3.63, 3.8) is 0 Å². The Morgan fingerprint density at radius 1 is 1.44 bits per heavy atom. The molecule has 0 radical (unpaired) electrons. The minimum atomic E-state index is 0.0542. The van der Waals surface area contributed by atoms with Gasteiger partial charge in [-0.05, 0) is 12.8 Å². The number of hydrogen-bond donors (Lipinski definition) is 2. The number of ether oxygens (including phenoxy) is 1. The SMILES string of the molecule is NC[C@H]1CC[C@@H](CO)O1. The molecule has 1 saturated heterocycles. The Kier molecular flexibility index (Phi) is 2.45. The van der Waals surface area contributed by atoms with Crippen LogP contribution in [0, 0.1) is 0 Å². The molecule has 0 aromatic heterocycles. The van der Waals surface area contributed by atoms with Gasteiger partial charge in [-0.3, -0.25) is 0 Å². The van der Waals surface area contributed by atoms with Crippen molar-refractivity contribution in [2.24, 2.45) is 5.73 Å². The van der Waals surface area contributed by atoms with Gasteiger partial charge in [-0.25, -0.2) is 0 Å². The molecule has 0 aromatic carbocycles. The van der Waals surface area contributed by atoms with Gasteiger partial charge in [-0.15, -0.1) is 0 Å². The number of nitrogens with two attached hydrogens (primary N) is 1. The third-order valence-corrected chi connectivity index (χ3v) is 1.66. The quantitative estimate of drug-likeness (QED) is 0.530. The van der Waals surface area contributed by atoms with Gasteiger partial charge in [0.05, 0.1) is 18.8 Å². The highest BCUT2D eigenvalue weighted by Crippen LogP contribution is 2.17. The molecule has 3 nitrogen and oxygen atoms in total. The fourth-order valence-corrected chi connectivity index (χ4v) is 1.09. The van der Waals surface area contributed by atoms with Crippen molar-refractivity contribution in [3.05, 3.63) is 0 Å². The third kappa shape index (κ3) is 1.64. The average Bonchev–Trinajstić information content (AvgIpc) is 2.34. The molecule has 3 heteroatoms. The first kappa shape index (κ1) is 6.99. The van der Waals surface area contributed by atoms with Gasteiger partial charge in [0, 0.05) is 6.54 Å². The lowest BCUT2D eigenvalue weighted by molar-refractivity contribution is 0.0158. The molecule has 1 aliphatic rings. The summed E-state index contributed by atoms with van der Waals surface area (Å²) in [4.78, 5) is 0. The van der Waals surface area contributed by atoms with E-state index in [2.05, 4.69) is 0 Å². The largest absolute Gasteiger partial charge is 0.394 e.